The summed E-state index contributed by atoms with van der Waals surface area (Å²) in [4.78, 5) is 11.0. The smallest absolute Gasteiger partial charge is 0.306 e. The summed E-state index contributed by atoms with van der Waals surface area (Å²) >= 11 is 1.73. The van der Waals surface area contributed by atoms with E-state index in [4.69, 9.17) is 9.84 Å². The van der Waals surface area contributed by atoms with Gasteiger partial charge in [0.15, 0.2) is 0 Å². The molecule has 2 aliphatic rings. The van der Waals surface area contributed by atoms with E-state index in [0.717, 1.165) is 37.9 Å². The van der Waals surface area contributed by atoms with Crippen LogP contribution < -0.4 is 10.1 Å². The van der Waals surface area contributed by atoms with Crippen molar-refractivity contribution in [1.82, 2.24) is 5.32 Å². The van der Waals surface area contributed by atoms with Crippen LogP contribution in [-0.4, -0.2) is 23.7 Å². The average molecular weight is 448 g/mol. The van der Waals surface area contributed by atoms with E-state index in [1.165, 1.54) is 33.4 Å². The zero-order valence-electron chi connectivity index (χ0n) is 18.3. The number of carbonyl (C=O) groups is 1. The summed E-state index contributed by atoms with van der Waals surface area (Å²) in [5.74, 6) is 0.107. The third-order valence-corrected chi connectivity index (χ3v) is 7.58. The minimum atomic E-state index is -0.662. The summed E-state index contributed by atoms with van der Waals surface area (Å²) in [5, 5.41) is 17.0. The largest absolute Gasteiger partial charge is 0.493 e. The molecule has 32 heavy (non-hydrogen) atoms. The Labute approximate surface area is 193 Å². The third-order valence-electron chi connectivity index (χ3n) is 6.90. The molecular formula is C27H29NO3S. The van der Waals surface area contributed by atoms with Crippen LogP contribution in [0, 0.1) is 12.8 Å². The molecule has 1 unspecified atom stereocenters. The Morgan fingerprint density at radius 2 is 2.06 bits per heavy atom. The lowest BCUT2D eigenvalue weighted by Gasteiger charge is -2.35. The van der Waals surface area contributed by atoms with E-state index >= 15 is 0 Å². The van der Waals surface area contributed by atoms with Crippen LogP contribution >= 0.6 is 11.3 Å². The Morgan fingerprint density at radius 1 is 1.19 bits per heavy atom. The Balaban J connectivity index is 1.14. The van der Waals surface area contributed by atoms with E-state index < -0.39 is 5.97 Å². The lowest BCUT2D eigenvalue weighted by molar-refractivity contribution is -0.145. The van der Waals surface area contributed by atoms with Gasteiger partial charge in [0, 0.05) is 18.5 Å². The molecule has 0 aliphatic heterocycles. The number of nitrogens with one attached hydrogen (secondary N) is 1. The Kier molecular flexibility index (Phi) is 6.03. The first-order valence-corrected chi connectivity index (χ1v) is 12.4. The standard InChI is InChI=1S/C27H29NO3S/c1-17-12-18(2-5-24(17)20-9-11-32-16-20)8-10-31-23-4-6-25-19(15-23)3-7-26(25)28-22-13-21(14-22)27(29)30/h2,4-6,9,11-12,15-16,21-22,26,28H,3,7-8,10,13-14H2,1H3,(H,29,30). The molecule has 2 aromatic carbocycles. The second-order valence-corrected chi connectivity index (χ2v) is 9.86. The monoisotopic (exact) mass is 447 g/mol. The lowest BCUT2D eigenvalue weighted by atomic mass is 9.80. The number of thiophene rings is 1. The van der Waals surface area contributed by atoms with Gasteiger partial charge in [-0.3, -0.25) is 4.79 Å². The summed E-state index contributed by atoms with van der Waals surface area (Å²) in [6.07, 6.45) is 4.50. The quantitative estimate of drug-likeness (QED) is 0.459. The number of carboxylic acids is 1. The predicted molar refractivity (Wildman–Crippen MR) is 128 cm³/mol. The lowest BCUT2D eigenvalue weighted by Crippen LogP contribution is -2.45. The van der Waals surface area contributed by atoms with Gasteiger partial charge in [-0.15, -0.1) is 0 Å². The predicted octanol–water partition coefficient (Wildman–Crippen LogP) is 5.79. The number of aryl methyl sites for hydroxylation is 2. The summed E-state index contributed by atoms with van der Waals surface area (Å²) < 4.78 is 6.08. The molecule has 166 valence electrons. The van der Waals surface area contributed by atoms with Crippen molar-refractivity contribution in [2.75, 3.05) is 6.61 Å². The summed E-state index contributed by atoms with van der Waals surface area (Å²) in [5.41, 5.74) is 7.89. The van der Waals surface area contributed by atoms with Gasteiger partial charge in [0.25, 0.3) is 0 Å². The molecule has 5 heteroatoms. The molecule has 0 radical (unpaired) electrons. The number of rotatable bonds is 8. The first kappa shape index (κ1) is 21.2. The number of hydrogen-bond donors (Lipinski definition) is 2. The number of carboxylic acid groups (broad SMARTS) is 1. The maximum absolute atomic E-state index is 11.0. The van der Waals surface area contributed by atoms with E-state index in [1.807, 2.05) is 0 Å². The maximum Gasteiger partial charge on any atom is 0.306 e. The molecule has 3 aromatic rings. The number of ether oxygens (including phenoxy) is 1. The molecule has 4 nitrogen and oxygen atoms in total. The van der Waals surface area contributed by atoms with Gasteiger partial charge in [0.1, 0.15) is 5.75 Å². The second-order valence-electron chi connectivity index (χ2n) is 9.08. The fourth-order valence-corrected chi connectivity index (χ4v) is 5.66. The number of fused-ring (bicyclic) bond motifs is 1. The van der Waals surface area contributed by atoms with Crippen molar-refractivity contribution in [3.8, 4) is 16.9 Å². The van der Waals surface area contributed by atoms with Crippen LogP contribution in [0.15, 0.2) is 53.2 Å². The molecule has 5 rings (SSSR count). The van der Waals surface area contributed by atoms with E-state index in [9.17, 15) is 4.79 Å². The highest BCUT2D eigenvalue weighted by atomic mass is 32.1. The Bertz CT molecular complexity index is 1100. The van der Waals surface area contributed by atoms with Crippen LogP contribution in [0.1, 0.15) is 47.6 Å². The van der Waals surface area contributed by atoms with Crippen molar-refractivity contribution in [2.45, 2.75) is 51.1 Å². The van der Waals surface area contributed by atoms with Crippen molar-refractivity contribution < 1.29 is 14.6 Å². The molecule has 1 saturated carbocycles. The molecule has 1 fully saturated rings. The van der Waals surface area contributed by atoms with Gasteiger partial charge < -0.3 is 15.2 Å². The van der Waals surface area contributed by atoms with Crippen molar-refractivity contribution in [2.24, 2.45) is 5.92 Å². The normalized spacial score (nSPS) is 21.7. The van der Waals surface area contributed by atoms with Gasteiger partial charge in [-0.05, 0) is 94.9 Å². The molecule has 0 amide bonds. The fourth-order valence-electron chi connectivity index (χ4n) is 5.01. The summed E-state index contributed by atoms with van der Waals surface area (Å²) in [7, 11) is 0. The topological polar surface area (TPSA) is 58.6 Å². The minimum Gasteiger partial charge on any atom is -0.493 e. The van der Waals surface area contributed by atoms with Crippen molar-refractivity contribution >= 4 is 17.3 Å². The van der Waals surface area contributed by atoms with Crippen LogP contribution in [-0.2, 0) is 17.6 Å². The van der Waals surface area contributed by atoms with E-state index in [-0.39, 0.29) is 5.92 Å². The highest BCUT2D eigenvalue weighted by molar-refractivity contribution is 7.08. The molecule has 1 atom stereocenters. The van der Waals surface area contributed by atoms with Crippen molar-refractivity contribution in [3.63, 3.8) is 0 Å². The first-order valence-electron chi connectivity index (χ1n) is 11.4. The molecule has 2 aliphatic carbocycles. The first-order chi connectivity index (χ1) is 15.6. The van der Waals surface area contributed by atoms with Crippen LogP contribution in [0.5, 0.6) is 5.75 Å². The third kappa shape index (κ3) is 4.45. The van der Waals surface area contributed by atoms with Crippen LogP contribution in [0.4, 0.5) is 0 Å². The SMILES string of the molecule is Cc1cc(CCOc2ccc3c(c2)CCC3NC2CC(C(=O)O)C2)ccc1-c1ccsc1. The second kappa shape index (κ2) is 9.08. The zero-order chi connectivity index (χ0) is 22.1. The Morgan fingerprint density at radius 3 is 2.81 bits per heavy atom. The van der Waals surface area contributed by atoms with Gasteiger partial charge in [-0.25, -0.2) is 0 Å². The minimum absolute atomic E-state index is 0.167. The Hall–Kier alpha value is -2.63. The fraction of sp³-hybridized carbons (Fsp3) is 0.370. The zero-order valence-corrected chi connectivity index (χ0v) is 19.2. The number of aliphatic carboxylic acids is 1. The highest BCUT2D eigenvalue weighted by Gasteiger charge is 2.36. The van der Waals surface area contributed by atoms with E-state index in [2.05, 4.69) is 65.5 Å². The molecule has 0 saturated heterocycles. The molecule has 1 heterocycles. The molecule has 2 N–H and O–H groups in total. The van der Waals surface area contributed by atoms with Gasteiger partial charge in [0.2, 0.25) is 0 Å². The van der Waals surface area contributed by atoms with Crippen LogP contribution in [0.25, 0.3) is 11.1 Å². The summed E-state index contributed by atoms with van der Waals surface area (Å²) in [6.45, 7) is 2.84. The van der Waals surface area contributed by atoms with Crippen LogP contribution in [0.2, 0.25) is 0 Å². The maximum atomic E-state index is 11.0. The van der Waals surface area contributed by atoms with Crippen molar-refractivity contribution in [1.29, 1.82) is 0 Å². The molecule has 0 bridgehead atoms. The van der Waals surface area contributed by atoms with Crippen molar-refractivity contribution in [3.05, 3.63) is 75.5 Å². The van der Waals surface area contributed by atoms with E-state index in [0.29, 0.717) is 18.7 Å². The molecule has 1 aromatic heterocycles. The molecular weight excluding hydrogens is 418 g/mol. The van der Waals surface area contributed by atoms with Gasteiger partial charge in [-0.2, -0.15) is 11.3 Å². The average Bonchev–Trinajstić information content (AvgIpc) is 3.40. The molecule has 0 spiro atoms. The van der Waals surface area contributed by atoms with Gasteiger partial charge in [0.05, 0.1) is 12.5 Å². The van der Waals surface area contributed by atoms with Crippen LogP contribution in [0.3, 0.4) is 0 Å². The van der Waals surface area contributed by atoms with Gasteiger partial charge in [-0.1, -0.05) is 24.3 Å². The van der Waals surface area contributed by atoms with E-state index in [1.54, 1.807) is 11.3 Å². The summed E-state index contributed by atoms with van der Waals surface area (Å²) in [6, 6.07) is 16.0. The number of benzene rings is 2. The number of hydrogen-bond acceptors (Lipinski definition) is 4. The highest BCUT2D eigenvalue weighted by Crippen LogP contribution is 2.37. The van der Waals surface area contributed by atoms with Gasteiger partial charge >= 0.3 is 5.97 Å².